The lowest BCUT2D eigenvalue weighted by Crippen LogP contribution is -2.37. The highest BCUT2D eigenvalue weighted by Crippen LogP contribution is 2.20. The summed E-state index contributed by atoms with van der Waals surface area (Å²) in [6, 6.07) is 7.83. The fraction of sp³-hybridized carbons (Fsp3) is 0.588. The minimum absolute atomic E-state index is 0.500. The Labute approximate surface area is 138 Å². The smallest absolute Gasteiger partial charge is 0.191 e. The van der Waals surface area contributed by atoms with Crippen molar-refractivity contribution >= 4 is 17.6 Å². The summed E-state index contributed by atoms with van der Waals surface area (Å²) in [5.41, 5.74) is 1.14. The third-order valence-electron chi connectivity index (χ3n) is 3.84. The quantitative estimate of drug-likeness (QED) is 0.459. The highest BCUT2D eigenvalue weighted by molar-refractivity contribution is 6.30. The van der Waals surface area contributed by atoms with Gasteiger partial charge < -0.3 is 15.4 Å². The van der Waals surface area contributed by atoms with Gasteiger partial charge in [-0.2, -0.15) is 0 Å². The monoisotopic (exact) mass is 323 g/mol. The van der Waals surface area contributed by atoms with E-state index in [0.29, 0.717) is 12.6 Å². The van der Waals surface area contributed by atoms with E-state index in [9.17, 15) is 0 Å². The Morgan fingerprint density at radius 2 is 2.14 bits per heavy atom. The highest BCUT2D eigenvalue weighted by atomic mass is 35.5. The minimum atomic E-state index is 0.500. The summed E-state index contributed by atoms with van der Waals surface area (Å²) < 4.78 is 5.85. The van der Waals surface area contributed by atoms with Crippen LogP contribution in [0.2, 0.25) is 5.02 Å². The van der Waals surface area contributed by atoms with Crippen LogP contribution < -0.4 is 10.6 Å². The van der Waals surface area contributed by atoms with Crippen LogP contribution in [-0.4, -0.2) is 32.3 Å². The van der Waals surface area contributed by atoms with Crippen LogP contribution in [0.4, 0.5) is 0 Å². The van der Waals surface area contributed by atoms with E-state index in [1.165, 1.54) is 25.7 Å². The number of rotatable bonds is 7. The molecule has 1 fully saturated rings. The zero-order valence-electron chi connectivity index (χ0n) is 13.3. The Kier molecular flexibility index (Phi) is 7.54. The van der Waals surface area contributed by atoms with Crippen LogP contribution in [0.15, 0.2) is 29.3 Å². The van der Waals surface area contributed by atoms with Gasteiger partial charge in [-0.15, -0.1) is 0 Å². The van der Waals surface area contributed by atoms with Gasteiger partial charge in [0.1, 0.15) is 0 Å². The highest BCUT2D eigenvalue weighted by Gasteiger charge is 2.14. The molecule has 2 rings (SSSR count). The summed E-state index contributed by atoms with van der Waals surface area (Å²) >= 11 is 5.98. The molecule has 0 bridgehead atoms. The van der Waals surface area contributed by atoms with E-state index in [2.05, 4.69) is 15.6 Å². The number of benzene rings is 1. The first-order valence-electron chi connectivity index (χ1n) is 8.08. The molecule has 0 amide bonds. The van der Waals surface area contributed by atoms with Gasteiger partial charge >= 0.3 is 0 Å². The maximum atomic E-state index is 5.98. The SMILES string of the molecule is CN=C(NCCCOC1CCCC1)NCc1cccc(Cl)c1. The van der Waals surface area contributed by atoms with Crippen molar-refractivity contribution in [3.8, 4) is 0 Å². The Bertz CT molecular complexity index is 473. The summed E-state index contributed by atoms with van der Waals surface area (Å²) in [4.78, 5) is 4.22. The number of guanidine groups is 1. The third kappa shape index (κ3) is 6.24. The summed E-state index contributed by atoms with van der Waals surface area (Å²) in [5.74, 6) is 0.806. The summed E-state index contributed by atoms with van der Waals surface area (Å²) in [7, 11) is 1.78. The number of hydrogen-bond donors (Lipinski definition) is 2. The van der Waals surface area contributed by atoms with Crippen LogP contribution in [0.5, 0.6) is 0 Å². The van der Waals surface area contributed by atoms with E-state index < -0.39 is 0 Å². The van der Waals surface area contributed by atoms with E-state index in [1.807, 2.05) is 24.3 Å². The molecule has 122 valence electrons. The van der Waals surface area contributed by atoms with Gasteiger partial charge in [-0.3, -0.25) is 4.99 Å². The van der Waals surface area contributed by atoms with E-state index in [1.54, 1.807) is 7.05 Å². The molecule has 1 aliphatic carbocycles. The molecule has 0 aromatic heterocycles. The van der Waals surface area contributed by atoms with Crippen LogP contribution in [0.25, 0.3) is 0 Å². The zero-order chi connectivity index (χ0) is 15.6. The molecule has 1 aliphatic rings. The van der Waals surface area contributed by atoms with Crippen LogP contribution in [-0.2, 0) is 11.3 Å². The lowest BCUT2D eigenvalue weighted by molar-refractivity contribution is 0.0574. The molecule has 22 heavy (non-hydrogen) atoms. The van der Waals surface area contributed by atoms with Gasteiger partial charge in [0, 0.05) is 31.8 Å². The molecule has 0 radical (unpaired) electrons. The van der Waals surface area contributed by atoms with Crippen LogP contribution in [0, 0.1) is 0 Å². The summed E-state index contributed by atoms with van der Waals surface area (Å²) in [6.45, 7) is 2.39. The molecule has 1 aromatic rings. The van der Waals surface area contributed by atoms with Gasteiger partial charge in [0.25, 0.3) is 0 Å². The molecule has 1 aromatic carbocycles. The lowest BCUT2D eigenvalue weighted by Gasteiger charge is -2.13. The zero-order valence-corrected chi connectivity index (χ0v) is 14.0. The second-order valence-electron chi connectivity index (χ2n) is 5.61. The molecule has 0 spiro atoms. The first-order valence-corrected chi connectivity index (χ1v) is 8.46. The summed E-state index contributed by atoms with van der Waals surface area (Å²) in [6.07, 6.45) is 6.60. The molecule has 0 unspecified atom stereocenters. The number of ether oxygens (including phenoxy) is 1. The molecular weight excluding hydrogens is 298 g/mol. The van der Waals surface area contributed by atoms with Gasteiger partial charge in [-0.25, -0.2) is 0 Å². The minimum Gasteiger partial charge on any atom is -0.378 e. The fourth-order valence-electron chi connectivity index (χ4n) is 2.64. The second-order valence-corrected chi connectivity index (χ2v) is 6.05. The van der Waals surface area contributed by atoms with Crippen molar-refractivity contribution in [2.24, 2.45) is 4.99 Å². The van der Waals surface area contributed by atoms with Crippen molar-refractivity contribution in [1.82, 2.24) is 10.6 Å². The average molecular weight is 324 g/mol. The van der Waals surface area contributed by atoms with Gasteiger partial charge in [0.2, 0.25) is 0 Å². The molecule has 4 nitrogen and oxygen atoms in total. The number of nitrogens with one attached hydrogen (secondary N) is 2. The number of aliphatic imine (C=N–C) groups is 1. The maximum absolute atomic E-state index is 5.98. The predicted molar refractivity (Wildman–Crippen MR) is 92.5 cm³/mol. The average Bonchev–Trinajstić information content (AvgIpc) is 3.03. The normalized spacial score (nSPS) is 16.0. The van der Waals surface area contributed by atoms with Crippen molar-refractivity contribution in [2.45, 2.75) is 44.8 Å². The van der Waals surface area contributed by atoms with Crippen molar-refractivity contribution in [3.63, 3.8) is 0 Å². The van der Waals surface area contributed by atoms with Crippen LogP contribution >= 0.6 is 11.6 Å². The molecule has 0 saturated heterocycles. The Morgan fingerprint density at radius 1 is 1.32 bits per heavy atom. The topological polar surface area (TPSA) is 45.7 Å². The van der Waals surface area contributed by atoms with E-state index >= 15 is 0 Å². The van der Waals surface area contributed by atoms with E-state index in [-0.39, 0.29) is 0 Å². The van der Waals surface area contributed by atoms with Gasteiger partial charge in [0.15, 0.2) is 5.96 Å². The van der Waals surface area contributed by atoms with Gasteiger partial charge in [-0.1, -0.05) is 36.6 Å². The van der Waals surface area contributed by atoms with Crippen LogP contribution in [0.3, 0.4) is 0 Å². The van der Waals surface area contributed by atoms with E-state index in [0.717, 1.165) is 36.1 Å². The molecule has 2 N–H and O–H groups in total. The first kappa shape index (κ1) is 17.1. The maximum Gasteiger partial charge on any atom is 0.191 e. The fourth-order valence-corrected chi connectivity index (χ4v) is 2.85. The Hall–Kier alpha value is -1.26. The van der Waals surface area contributed by atoms with Gasteiger partial charge in [0.05, 0.1) is 6.10 Å². The molecule has 0 aliphatic heterocycles. The largest absolute Gasteiger partial charge is 0.378 e. The van der Waals surface area contributed by atoms with Crippen LogP contribution in [0.1, 0.15) is 37.7 Å². The first-order chi connectivity index (χ1) is 10.8. The lowest BCUT2D eigenvalue weighted by atomic mass is 10.2. The number of hydrogen-bond acceptors (Lipinski definition) is 2. The number of nitrogens with zero attached hydrogens (tertiary/aromatic N) is 1. The summed E-state index contributed by atoms with van der Waals surface area (Å²) in [5, 5.41) is 7.35. The van der Waals surface area contributed by atoms with Crippen molar-refractivity contribution in [3.05, 3.63) is 34.9 Å². The van der Waals surface area contributed by atoms with E-state index in [4.69, 9.17) is 16.3 Å². The van der Waals surface area contributed by atoms with Crippen molar-refractivity contribution < 1.29 is 4.74 Å². The third-order valence-corrected chi connectivity index (χ3v) is 4.08. The second kappa shape index (κ2) is 9.70. The molecular formula is C17H26ClN3O. The Balaban J connectivity index is 1.58. The molecule has 5 heteroatoms. The van der Waals surface area contributed by atoms with Gasteiger partial charge in [-0.05, 0) is 37.0 Å². The molecule has 1 saturated carbocycles. The number of halogens is 1. The van der Waals surface area contributed by atoms with Crippen molar-refractivity contribution in [2.75, 3.05) is 20.2 Å². The Morgan fingerprint density at radius 3 is 2.86 bits per heavy atom. The molecule has 0 atom stereocenters. The predicted octanol–water partition coefficient (Wildman–Crippen LogP) is 3.35. The standard InChI is InChI=1S/C17H26ClN3O/c1-19-17(21-13-14-6-4-7-15(18)12-14)20-10-5-11-22-16-8-2-3-9-16/h4,6-7,12,16H,2-3,5,8-11,13H2,1H3,(H2,19,20,21). The molecule has 0 heterocycles. The van der Waals surface area contributed by atoms with Crippen molar-refractivity contribution in [1.29, 1.82) is 0 Å².